The quantitative estimate of drug-likeness (QED) is 0.781. The van der Waals surface area contributed by atoms with Gasteiger partial charge in [0.2, 0.25) is 5.91 Å². The number of hydrogen-bond donors (Lipinski definition) is 3. The van der Waals surface area contributed by atoms with Crippen molar-refractivity contribution >= 4 is 23.3 Å². The van der Waals surface area contributed by atoms with E-state index in [1.807, 2.05) is 45.2 Å². The molecule has 0 spiro atoms. The van der Waals surface area contributed by atoms with Crippen LogP contribution >= 0.6 is 0 Å². The third-order valence-electron chi connectivity index (χ3n) is 3.91. The highest BCUT2D eigenvalue weighted by molar-refractivity contribution is 5.93. The summed E-state index contributed by atoms with van der Waals surface area (Å²) >= 11 is 0. The number of aryl methyl sites for hydroxylation is 3. The normalized spacial score (nSPS) is 10.2. The summed E-state index contributed by atoms with van der Waals surface area (Å²) in [5, 5.41) is 8.49. The second kappa shape index (κ2) is 8.28. The zero-order chi connectivity index (χ0) is 18.4. The van der Waals surface area contributed by atoms with Crippen molar-refractivity contribution in [3.05, 3.63) is 52.8 Å². The number of anilines is 2. The fraction of sp³-hybridized carbons (Fsp3) is 0.316. The number of carbonyl (C=O) groups excluding carboxylic acids is 2. The summed E-state index contributed by atoms with van der Waals surface area (Å²) in [5.41, 5.74) is 5.57. The lowest BCUT2D eigenvalue weighted by molar-refractivity contribution is -0.114. The summed E-state index contributed by atoms with van der Waals surface area (Å²) < 4.78 is 0. The first kappa shape index (κ1) is 18.4. The summed E-state index contributed by atoms with van der Waals surface area (Å²) in [6.45, 7) is 7.81. The van der Waals surface area contributed by atoms with E-state index in [4.69, 9.17) is 0 Å². The molecule has 0 bridgehead atoms. The molecule has 2 rings (SSSR count). The summed E-state index contributed by atoms with van der Waals surface area (Å²) in [4.78, 5) is 27.4. The van der Waals surface area contributed by atoms with Gasteiger partial charge in [0.05, 0.1) is 0 Å². The van der Waals surface area contributed by atoms with Crippen LogP contribution in [0, 0.1) is 20.8 Å². The molecule has 0 unspecified atom stereocenters. The fourth-order valence-electron chi connectivity index (χ4n) is 2.68. The van der Waals surface area contributed by atoms with Crippen molar-refractivity contribution in [2.24, 2.45) is 0 Å². The predicted molar refractivity (Wildman–Crippen MR) is 99.9 cm³/mol. The minimum Gasteiger partial charge on any atom is -0.338 e. The van der Waals surface area contributed by atoms with Crippen molar-refractivity contribution in [2.75, 3.05) is 17.2 Å². The Balaban J connectivity index is 1.92. The zero-order valence-electron chi connectivity index (χ0n) is 15.1. The van der Waals surface area contributed by atoms with E-state index in [-0.39, 0.29) is 11.9 Å². The van der Waals surface area contributed by atoms with Gasteiger partial charge in [-0.1, -0.05) is 0 Å². The highest BCUT2D eigenvalue weighted by Crippen LogP contribution is 2.24. The Morgan fingerprint density at radius 3 is 2.32 bits per heavy atom. The smallest absolute Gasteiger partial charge is 0.319 e. The van der Waals surface area contributed by atoms with Crippen LogP contribution in [0.25, 0.3) is 0 Å². The number of aromatic nitrogens is 1. The fourth-order valence-corrected chi connectivity index (χ4v) is 2.68. The number of rotatable bonds is 5. The number of pyridine rings is 1. The molecule has 2 aromatic rings. The Hall–Kier alpha value is -2.89. The van der Waals surface area contributed by atoms with Gasteiger partial charge in [-0.05, 0) is 67.6 Å². The van der Waals surface area contributed by atoms with Gasteiger partial charge in [-0.2, -0.15) is 0 Å². The zero-order valence-corrected chi connectivity index (χ0v) is 15.1. The lowest BCUT2D eigenvalue weighted by atomic mass is 10.1. The van der Waals surface area contributed by atoms with Gasteiger partial charge in [-0.25, -0.2) is 4.79 Å². The molecule has 0 aliphatic heterocycles. The summed E-state index contributed by atoms with van der Waals surface area (Å²) in [7, 11) is 0. The molecule has 0 aliphatic rings. The van der Waals surface area contributed by atoms with Gasteiger partial charge in [0.1, 0.15) is 0 Å². The number of benzene rings is 1. The van der Waals surface area contributed by atoms with E-state index in [0.717, 1.165) is 28.8 Å². The number of urea groups is 1. The minimum atomic E-state index is -0.252. The van der Waals surface area contributed by atoms with Gasteiger partial charge >= 0.3 is 6.03 Å². The van der Waals surface area contributed by atoms with Crippen molar-refractivity contribution in [1.82, 2.24) is 10.3 Å². The molecule has 0 saturated heterocycles. The Kier molecular flexibility index (Phi) is 6.11. The van der Waals surface area contributed by atoms with Gasteiger partial charge in [-0.3, -0.25) is 9.78 Å². The number of hydrogen-bond acceptors (Lipinski definition) is 3. The van der Waals surface area contributed by atoms with Crippen molar-refractivity contribution in [3.63, 3.8) is 0 Å². The Morgan fingerprint density at radius 1 is 1.04 bits per heavy atom. The van der Waals surface area contributed by atoms with Crippen LogP contribution in [0.3, 0.4) is 0 Å². The van der Waals surface area contributed by atoms with Crippen LogP contribution in [-0.2, 0) is 11.2 Å². The summed E-state index contributed by atoms with van der Waals surface area (Å²) in [6, 6.07) is 5.38. The van der Waals surface area contributed by atoms with Crippen LogP contribution in [0.1, 0.15) is 29.2 Å². The molecule has 25 heavy (non-hydrogen) atoms. The Bertz CT molecular complexity index is 764. The van der Waals surface area contributed by atoms with Crippen LogP contribution in [0.4, 0.5) is 16.2 Å². The van der Waals surface area contributed by atoms with E-state index in [1.54, 1.807) is 6.20 Å². The second-order valence-corrected chi connectivity index (χ2v) is 6.10. The molecule has 132 valence electrons. The van der Waals surface area contributed by atoms with Gasteiger partial charge in [0.15, 0.2) is 0 Å². The number of amides is 3. The monoisotopic (exact) mass is 340 g/mol. The number of carbonyl (C=O) groups is 2. The molecule has 0 fully saturated rings. The minimum absolute atomic E-state index is 0.115. The number of nitrogens with one attached hydrogen (secondary N) is 3. The van der Waals surface area contributed by atoms with Crippen molar-refractivity contribution in [1.29, 1.82) is 0 Å². The van der Waals surface area contributed by atoms with Crippen molar-refractivity contribution in [3.8, 4) is 0 Å². The maximum Gasteiger partial charge on any atom is 0.319 e. The molecule has 0 aliphatic carbocycles. The Morgan fingerprint density at radius 2 is 1.72 bits per heavy atom. The van der Waals surface area contributed by atoms with Gasteiger partial charge in [0, 0.05) is 37.2 Å². The topological polar surface area (TPSA) is 83.1 Å². The maximum atomic E-state index is 12.1. The molecule has 0 radical (unpaired) electrons. The molecule has 1 heterocycles. The van der Waals surface area contributed by atoms with Crippen molar-refractivity contribution < 1.29 is 9.59 Å². The number of nitrogens with zero attached hydrogens (tertiary/aromatic N) is 1. The first-order valence-corrected chi connectivity index (χ1v) is 8.20. The van der Waals surface area contributed by atoms with Gasteiger partial charge in [0.25, 0.3) is 0 Å². The summed E-state index contributed by atoms with van der Waals surface area (Å²) in [5.74, 6) is -0.115. The SMILES string of the molecule is CC(=O)Nc1c(C)cc(NC(=O)NCCc2ccncc2C)cc1C. The average molecular weight is 340 g/mol. The molecule has 3 N–H and O–H groups in total. The van der Waals surface area contributed by atoms with Crippen LogP contribution < -0.4 is 16.0 Å². The predicted octanol–water partition coefficient (Wildman–Crippen LogP) is 3.33. The molecule has 3 amide bonds. The van der Waals surface area contributed by atoms with E-state index in [1.165, 1.54) is 12.5 Å². The van der Waals surface area contributed by atoms with Crippen LogP contribution in [0.5, 0.6) is 0 Å². The first-order valence-electron chi connectivity index (χ1n) is 8.20. The van der Waals surface area contributed by atoms with Crippen LogP contribution in [0.15, 0.2) is 30.6 Å². The Labute approximate surface area is 148 Å². The van der Waals surface area contributed by atoms with E-state index in [9.17, 15) is 9.59 Å². The van der Waals surface area contributed by atoms with E-state index >= 15 is 0 Å². The highest BCUT2D eigenvalue weighted by atomic mass is 16.2. The largest absolute Gasteiger partial charge is 0.338 e. The molecular formula is C19H24N4O2. The standard InChI is InChI=1S/C19H24N4O2/c1-12-9-17(10-13(2)18(12)22-15(4)24)23-19(25)21-8-6-16-5-7-20-11-14(16)3/h5,7,9-11H,6,8H2,1-4H3,(H,22,24)(H2,21,23,25). The molecule has 0 saturated carbocycles. The third kappa shape index (κ3) is 5.31. The van der Waals surface area contributed by atoms with E-state index in [2.05, 4.69) is 20.9 Å². The summed E-state index contributed by atoms with van der Waals surface area (Å²) in [6.07, 6.45) is 4.32. The van der Waals surface area contributed by atoms with E-state index in [0.29, 0.717) is 12.2 Å². The van der Waals surface area contributed by atoms with Crippen LogP contribution in [-0.4, -0.2) is 23.5 Å². The molecule has 1 aromatic heterocycles. The van der Waals surface area contributed by atoms with Crippen molar-refractivity contribution in [2.45, 2.75) is 34.1 Å². The average Bonchev–Trinajstić information content (AvgIpc) is 2.52. The van der Waals surface area contributed by atoms with Gasteiger partial charge in [-0.15, -0.1) is 0 Å². The van der Waals surface area contributed by atoms with Crippen LogP contribution in [0.2, 0.25) is 0 Å². The molecule has 6 heteroatoms. The van der Waals surface area contributed by atoms with E-state index < -0.39 is 0 Å². The first-order chi connectivity index (χ1) is 11.9. The lowest BCUT2D eigenvalue weighted by Gasteiger charge is -2.14. The molecule has 6 nitrogen and oxygen atoms in total. The maximum absolute atomic E-state index is 12.1. The molecule has 1 aromatic carbocycles. The lowest BCUT2D eigenvalue weighted by Crippen LogP contribution is -2.30. The van der Waals surface area contributed by atoms with Gasteiger partial charge < -0.3 is 16.0 Å². The molecule has 0 atom stereocenters. The second-order valence-electron chi connectivity index (χ2n) is 6.10. The molecular weight excluding hydrogens is 316 g/mol. The highest BCUT2D eigenvalue weighted by Gasteiger charge is 2.09. The third-order valence-corrected chi connectivity index (χ3v) is 3.91.